The zero-order valence-corrected chi connectivity index (χ0v) is 16.6. The molecular formula is C22H15BrFN3O2. The van der Waals surface area contributed by atoms with Gasteiger partial charge >= 0.3 is 0 Å². The van der Waals surface area contributed by atoms with Crippen molar-refractivity contribution in [1.29, 1.82) is 0 Å². The van der Waals surface area contributed by atoms with Gasteiger partial charge in [-0.25, -0.2) is 4.39 Å². The lowest BCUT2D eigenvalue weighted by atomic mass is 10.1. The third kappa shape index (κ3) is 3.40. The molecule has 144 valence electrons. The molecule has 0 aliphatic heterocycles. The molecule has 0 saturated heterocycles. The number of nitrogen functional groups attached to an aromatic ring is 1. The van der Waals surface area contributed by atoms with E-state index in [9.17, 15) is 14.0 Å². The van der Waals surface area contributed by atoms with E-state index >= 15 is 0 Å². The molecule has 5 nitrogen and oxygen atoms in total. The Morgan fingerprint density at radius 2 is 1.59 bits per heavy atom. The van der Waals surface area contributed by atoms with E-state index in [4.69, 9.17) is 5.73 Å². The number of benzene rings is 3. The van der Waals surface area contributed by atoms with Crippen LogP contribution in [0.3, 0.4) is 0 Å². The number of anilines is 2. The second-order valence-electron chi connectivity index (χ2n) is 6.36. The van der Waals surface area contributed by atoms with Crippen LogP contribution in [0.1, 0.15) is 20.7 Å². The number of hydrogen-bond donors (Lipinski definition) is 2. The summed E-state index contributed by atoms with van der Waals surface area (Å²) in [6.45, 7) is 0. The molecule has 1 heterocycles. The van der Waals surface area contributed by atoms with Crippen molar-refractivity contribution in [2.24, 2.45) is 0 Å². The predicted octanol–water partition coefficient (Wildman–Crippen LogP) is 5.07. The number of fused-ring (bicyclic) bond motifs is 1. The molecule has 3 N–H and O–H groups in total. The van der Waals surface area contributed by atoms with Gasteiger partial charge in [-0.05, 0) is 42.5 Å². The summed E-state index contributed by atoms with van der Waals surface area (Å²) in [5.41, 5.74) is 7.33. The molecular weight excluding hydrogens is 437 g/mol. The minimum absolute atomic E-state index is 0.00652. The van der Waals surface area contributed by atoms with Gasteiger partial charge in [-0.3, -0.25) is 14.2 Å². The van der Waals surface area contributed by atoms with Crippen molar-refractivity contribution in [3.8, 4) is 0 Å². The van der Waals surface area contributed by atoms with Crippen LogP contribution in [-0.4, -0.2) is 16.4 Å². The van der Waals surface area contributed by atoms with Gasteiger partial charge < -0.3 is 11.1 Å². The molecule has 29 heavy (non-hydrogen) atoms. The van der Waals surface area contributed by atoms with Gasteiger partial charge in [0.05, 0.1) is 16.8 Å². The summed E-state index contributed by atoms with van der Waals surface area (Å²) in [5.74, 6) is -1.52. The highest BCUT2D eigenvalue weighted by molar-refractivity contribution is 9.10. The summed E-state index contributed by atoms with van der Waals surface area (Å²) in [6, 6.07) is 19.6. The third-order valence-corrected chi connectivity index (χ3v) is 5.08. The molecule has 0 bridgehead atoms. The van der Waals surface area contributed by atoms with Crippen LogP contribution in [0.4, 0.5) is 15.9 Å². The van der Waals surface area contributed by atoms with Crippen molar-refractivity contribution in [3.05, 3.63) is 94.2 Å². The Kier molecular flexibility index (Phi) is 4.90. The van der Waals surface area contributed by atoms with Gasteiger partial charge in [0.25, 0.3) is 11.8 Å². The summed E-state index contributed by atoms with van der Waals surface area (Å²) < 4.78 is 16.1. The Morgan fingerprint density at radius 3 is 2.31 bits per heavy atom. The first-order valence-corrected chi connectivity index (χ1v) is 9.51. The van der Waals surface area contributed by atoms with Crippen LogP contribution in [0.25, 0.3) is 10.9 Å². The molecule has 0 spiro atoms. The van der Waals surface area contributed by atoms with E-state index in [2.05, 4.69) is 21.2 Å². The van der Waals surface area contributed by atoms with E-state index in [-0.39, 0.29) is 23.0 Å². The fraction of sp³-hybridized carbons (Fsp3) is 0. The minimum Gasteiger partial charge on any atom is -0.384 e. The van der Waals surface area contributed by atoms with Crippen LogP contribution in [0.5, 0.6) is 0 Å². The maximum absolute atomic E-state index is 14.0. The van der Waals surface area contributed by atoms with Crippen LogP contribution < -0.4 is 11.1 Å². The van der Waals surface area contributed by atoms with E-state index in [1.165, 1.54) is 22.8 Å². The molecule has 4 aromatic rings. The normalized spacial score (nSPS) is 10.8. The van der Waals surface area contributed by atoms with Crippen LogP contribution in [-0.2, 0) is 0 Å². The lowest BCUT2D eigenvalue weighted by molar-refractivity contribution is 0.0967. The number of aromatic nitrogens is 1. The molecule has 0 fully saturated rings. The van der Waals surface area contributed by atoms with E-state index in [0.717, 1.165) is 4.47 Å². The molecule has 3 aromatic carbocycles. The number of halogens is 2. The summed E-state index contributed by atoms with van der Waals surface area (Å²) >= 11 is 3.34. The number of nitrogens with one attached hydrogen (secondary N) is 1. The first kappa shape index (κ1) is 18.9. The third-order valence-electron chi connectivity index (χ3n) is 4.55. The summed E-state index contributed by atoms with van der Waals surface area (Å²) in [4.78, 5) is 26.0. The Labute approximate surface area is 174 Å². The number of nitrogens with zero attached hydrogens (tertiary/aromatic N) is 1. The van der Waals surface area contributed by atoms with Crippen molar-refractivity contribution in [2.75, 3.05) is 11.1 Å². The minimum atomic E-state index is -0.592. The maximum atomic E-state index is 14.0. The molecule has 0 radical (unpaired) electrons. The Bertz CT molecular complexity index is 1250. The number of carbonyl (C=O) groups is 2. The Morgan fingerprint density at radius 1 is 0.931 bits per heavy atom. The van der Waals surface area contributed by atoms with Crippen molar-refractivity contribution >= 4 is 50.2 Å². The number of rotatable bonds is 3. The van der Waals surface area contributed by atoms with Crippen molar-refractivity contribution in [3.63, 3.8) is 0 Å². The molecule has 7 heteroatoms. The molecule has 0 saturated carbocycles. The van der Waals surface area contributed by atoms with E-state index < -0.39 is 11.7 Å². The average Bonchev–Trinajstić information content (AvgIpc) is 3.01. The number of hydrogen-bond acceptors (Lipinski definition) is 3. The Balaban J connectivity index is 1.83. The second kappa shape index (κ2) is 7.52. The largest absolute Gasteiger partial charge is 0.384 e. The highest BCUT2D eigenvalue weighted by Crippen LogP contribution is 2.30. The maximum Gasteiger partial charge on any atom is 0.263 e. The second-order valence-corrected chi connectivity index (χ2v) is 7.27. The van der Waals surface area contributed by atoms with Gasteiger partial charge in [0.2, 0.25) is 0 Å². The monoisotopic (exact) mass is 451 g/mol. The fourth-order valence-corrected chi connectivity index (χ4v) is 3.45. The molecule has 0 unspecified atom stereocenters. The molecule has 4 rings (SSSR count). The van der Waals surface area contributed by atoms with E-state index in [1.54, 1.807) is 54.6 Å². The number of nitrogens with two attached hydrogens (primary N) is 1. The van der Waals surface area contributed by atoms with E-state index in [1.807, 2.05) is 0 Å². The van der Waals surface area contributed by atoms with Gasteiger partial charge in [-0.2, -0.15) is 0 Å². The van der Waals surface area contributed by atoms with Gasteiger partial charge in [-0.1, -0.05) is 46.3 Å². The molecule has 0 aliphatic carbocycles. The van der Waals surface area contributed by atoms with Crippen LogP contribution in [0.15, 0.2) is 77.3 Å². The van der Waals surface area contributed by atoms with Crippen molar-refractivity contribution in [1.82, 2.24) is 4.57 Å². The lowest BCUT2D eigenvalue weighted by Gasteiger charge is -2.08. The summed E-state index contributed by atoms with van der Waals surface area (Å²) in [5, 5.41) is 3.04. The van der Waals surface area contributed by atoms with Gasteiger partial charge in [0.15, 0.2) is 0 Å². The molecule has 0 aliphatic rings. The highest BCUT2D eigenvalue weighted by atomic mass is 79.9. The topological polar surface area (TPSA) is 77.1 Å². The van der Waals surface area contributed by atoms with Crippen LogP contribution >= 0.6 is 15.9 Å². The van der Waals surface area contributed by atoms with Gasteiger partial charge in [0, 0.05) is 15.4 Å². The first-order chi connectivity index (χ1) is 14.0. The number of para-hydroxylation sites is 2. The van der Waals surface area contributed by atoms with Crippen molar-refractivity contribution in [2.45, 2.75) is 0 Å². The standard InChI is InChI=1S/C22H15BrFN3O2/c23-14-11-9-13(10-12-14)22(29)27-18-8-4-1-5-15(18)19(20(27)25)21(28)26-17-7-3-2-6-16(17)24/h1-12H,25H2,(H,26,28). The van der Waals surface area contributed by atoms with Crippen LogP contribution in [0.2, 0.25) is 0 Å². The number of carbonyl (C=O) groups excluding carboxylic acids is 2. The Hall–Kier alpha value is -3.45. The number of amides is 1. The highest BCUT2D eigenvalue weighted by Gasteiger charge is 2.25. The van der Waals surface area contributed by atoms with Crippen LogP contribution in [0, 0.1) is 5.82 Å². The SMILES string of the molecule is Nc1c(C(=O)Nc2ccccc2F)c2ccccc2n1C(=O)c1ccc(Br)cc1. The summed E-state index contributed by atoms with van der Waals surface area (Å²) in [7, 11) is 0. The quantitative estimate of drug-likeness (QED) is 0.456. The molecule has 0 atom stereocenters. The van der Waals surface area contributed by atoms with Gasteiger partial charge in [0.1, 0.15) is 11.6 Å². The fourth-order valence-electron chi connectivity index (χ4n) is 3.19. The predicted molar refractivity (Wildman–Crippen MR) is 115 cm³/mol. The molecule has 1 amide bonds. The zero-order chi connectivity index (χ0) is 20.5. The zero-order valence-electron chi connectivity index (χ0n) is 15.0. The molecule has 1 aromatic heterocycles. The first-order valence-electron chi connectivity index (χ1n) is 8.72. The average molecular weight is 452 g/mol. The van der Waals surface area contributed by atoms with Crippen molar-refractivity contribution < 1.29 is 14.0 Å². The van der Waals surface area contributed by atoms with Gasteiger partial charge in [-0.15, -0.1) is 0 Å². The lowest BCUT2D eigenvalue weighted by Crippen LogP contribution is -2.18. The smallest absolute Gasteiger partial charge is 0.263 e. The van der Waals surface area contributed by atoms with E-state index in [0.29, 0.717) is 16.5 Å². The summed E-state index contributed by atoms with van der Waals surface area (Å²) in [6.07, 6.45) is 0.